The lowest BCUT2D eigenvalue weighted by molar-refractivity contribution is -0.203. The maximum Gasteiger partial charge on any atom is 0.306 e. The first-order valence-corrected chi connectivity index (χ1v) is 17.7. The summed E-state index contributed by atoms with van der Waals surface area (Å²) in [6.07, 6.45) is 12.1. The van der Waals surface area contributed by atoms with Gasteiger partial charge >= 0.3 is 5.97 Å². The second kappa shape index (κ2) is 13.7. The quantitative estimate of drug-likeness (QED) is 0.113. The number of hydrogen-bond donors (Lipinski definition) is 3. The summed E-state index contributed by atoms with van der Waals surface area (Å²) in [5, 5.41) is 35.1. The standard InChI is InChI=1S/C39H56O7/c1-6-7-8-9-10-11-12-13-17-20-31(41)46-38-23-27(3)37-22-26(2)35(45-25-28-18-15-14-16-19-28)39(37,44)33(42)29(24-40)21-30(34(37)43)32(38)36(38,4)5/h14-16,18-19,21-22,27,30,32-33,35,40,42,44H,6-13,17,20,23-25H2,1-5H3/t27-,30+,32-,33-,35+,37+,38+,39+/m1/s1. The Bertz CT molecular complexity index is 1320. The number of unbranched alkanes of at least 4 members (excludes halogenated alkanes) is 8. The van der Waals surface area contributed by atoms with Crippen molar-refractivity contribution < 1.29 is 34.4 Å². The van der Waals surface area contributed by atoms with Crippen LogP contribution in [0.1, 0.15) is 111 Å². The van der Waals surface area contributed by atoms with Crippen LogP contribution in [-0.4, -0.2) is 57.1 Å². The second-order valence-corrected chi connectivity index (χ2v) is 15.2. The number of esters is 1. The summed E-state index contributed by atoms with van der Waals surface area (Å²) in [4.78, 5) is 28.3. The molecular weight excluding hydrogens is 580 g/mol. The Balaban J connectivity index is 1.38. The maximum atomic E-state index is 14.9. The van der Waals surface area contributed by atoms with Gasteiger partial charge in [0.05, 0.1) is 18.6 Å². The molecule has 0 amide bonds. The van der Waals surface area contributed by atoms with Gasteiger partial charge in [0.15, 0.2) is 5.78 Å². The number of carbonyl (C=O) groups excluding carboxylic acids is 2. The van der Waals surface area contributed by atoms with Gasteiger partial charge in [0.25, 0.3) is 0 Å². The molecule has 0 radical (unpaired) electrons. The summed E-state index contributed by atoms with van der Waals surface area (Å²) in [5.74, 6) is -2.02. The molecule has 1 spiro atoms. The SMILES string of the molecule is CCCCCCCCCCCC(=O)O[C@@]12C[C@@H](C)[C@]34C=C(C)[C@H](OCc5ccccc5)[C@@]3(O)[C@H](O)C(CO)=C[C@H](C4=O)[C@@H]1C2(C)C. The largest absolute Gasteiger partial charge is 0.458 e. The van der Waals surface area contributed by atoms with Crippen molar-refractivity contribution in [1.82, 2.24) is 0 Å². The molecule has 0 unspecified atom stereocenters. The van der Waals surface area contributed by atoms with Gasteiger partial charge in [-0.3, -0.25) is 9.59 Å². The van der Waals surface area contributed by atoms with Crippen molar-refractivity contribution in [3.8, 4) is 0 Å². The molecule has 1 aromatic rings. The molecule has 2 saturated carbocycles. The molecular formula is C39H56O7. The topological polar surface area (TPSA) is 113 Å². The lowest BCUT2D eigenvalue weighted by atomic mass is 9.59. The van der Waals surface area contributed by atoms with Crippen LogP contribution >= 0.6 is 0 Å². The van der Waals surface area contributed by atoms with E-state index in [9.17, 15) is 24.9 Å². The number of hydrogen-bond acceptors (Lipinski definition) is 7. The number of allylic oxidation sites excluding steroid dienone is 1. The van der Waals surface area contributed by atoms with Crippen LogP contribution in [0.15, 0.2) is 53.6 Å². The summed E-state index contributed by atoms with van der Waals surface area (Å²) in [5.41, 5.74) is -3.16. The van der Waals surface area contributed by atoms with Gasteiger partial charge in [-0.25, -0.2) is 0 Å². The van der Waals surface area contributed by atoms with Crippen LogP contribution < -0.4 is 0 Å². The van der Waals surface area contributed by atoms with Crippen molar-refractivity contribution in [2.45, 2.75) is 135 Å². The molecule has 4 aliphatic carbocycles. The molecule has 5 rings (SSSR count). The number of ether oxygens (including phenoxy) is 2. The van der Waals surface area contributed by atoms with Gasteiger partial charge in [0.1, 0.15) is 23.4 Å². The van der Waals surface area contributed by atoms with Gasteiger partial charge in [0, 0.05) is 23.7 Å². The minimum absolute atomic E-state index is 0.183. The van der Waals surface area contributed by atoms with Gasteiger partial charge in [-0.2, -0.15) is 0 Å². The summed E-state index contributed by atoms with van der Waals surface area (Å²) in [6.45, 7) is 9.74. The van der Waals surface area contributed by atoms with E-state index in [4.69, 9.17) is 9.47 Å². The molecule has 0 heterocycles. The smallest absolute Gasteiger partial charge is 0.306 e. The Hall–Kier alpha value is -2.32. The van der Waals surface area contributed by atoms with E-state index in [-0.39, 0.29) is 29.9 Å². The first kappa shape index (κ1) is 35.0. The highest BCUT2D eigenvalue weighted by Crippen LogP contribution is 2.75. The van der Waals surface area contributed by atoms with Crippen molar-refractivity contribution in [3.05, 3.63) is 59.2 Å². The van der Waals surface area contributed by atoms with Crippen LogP contribution in [0.2, 0.25) is 0 Å². The van der Waals surface area contributed by atoms with Crippen LogP contribution in [0.4, 0.5) is 0 Å². The maximum absolute atomic E-state index is 14.9. The summed E-state index contributed by atoms with van der Waals surface area (Å²) >= 11 is 0. The van der Waals surface area contributed by atoms with Crippen LogP contribution in [0.25, 0.3) is 0 Å². The van der Waals surface area contributed by atoms with Crippen LogP contribution in [0.3, 0.4) is 0 Å². The molecule has 8 atom stereocenters. The normalized spacial score (nSPS) is 35.7. The molecule has 7 heteroatoms. The van der Waals surface area contributed by atoms with E-state index in [0.717, 1.165) is 24.8 Å². The minimum atomic E-state index is -2.05. The van der Waals surface area contributed by atoms with E-state index < -0.39 is 52.7 Å². The number of rotatable bonds is 15. The molecule has 2 fully saturated rings. The number of benzene rings is 1. The molecule has 0 saturated heterocycles. The molecule has 4 aliphatic rings. The Labute approximate surface area is 275 Å². The van der Waals surface area contributed by atoms with E-state index in [1.807, 2.05) is 64.1 Å². The summed E-state index contributed by atoms with van der Waals surface area (Å²) in [6, 6.07) is 9.58. The van der Waals surface area contributed by atoms with E-state index >= 15 is 0 Å². The van der Waals surface area contributed by atoms with E-state index in [1.54, 1.807) is 6.08 Å². The molecule has 0 aromatic heterocycles. The molecule has 2 bridgehead atoms. The van der Waals surface area contributed by atoms with Gasteiger partial charge < -0.3 is 24.8 Å². The number of aliphatic hydroxyl groups excluding tert-OH is 2. The van der Waals surface area contributed by atoms with Crippen LogP contribution in [0.5, 0.6) is 0 Å². The number of fused-ring (bicyclic) bond motifs is 3. The zero-order chi connectivity index (χ0) is 33.3. The number of ketones is 1. The van der Waals surface area contributed by atoms with Gasteiger partial charge in [0.2, 0.25) is 0 Å². The number of aliphatic hydroxyl groups is 3. The Morgan fingerprint density at radius 3 is 2.26 bits per heavy atom. The highest BCUT2D eigenvalue weighted by molar-refractivity contribution is 5.96. The van der Waals surface area contributed by atoms with Crippen LogP contribution in [0, 0.1) is 28.6 Å². The van der Waals surface area contributed by atoms with Crippen molar-refractivity contribution >= 4 is 11.8 Å². The average molecular weight is 637 g/mol. The first-order chi connectivity index (χ1) is 21.9. The third kappa shape index (κ3) is 5.63. The van der Waals surface area contributed by atoms with Crippen LogP contribution in [-0.2, 0) is 25.7 Å². The van der Waals surface area contributed by atoms with E-state index in [2.05, 4.69) is 6.92 Å². The zero-order valence-electron chi connectivity index (χ0n) is 28.6. The Kier molecular flexibility index (Phi) is 10.4. The molecule has 1 aromatic carbocycles. The summed E-state index contributed by atoms with van der Waals surface area (Å²) < 4.78 is 12.8. The van der Waals surface area contributed by atoms with E-state index in [1.165, 1.54) is 38.5 Å². The fraction of sp³-hybridized carbons (Fsp3) is 0.692. The first-order valence-electron chi connectivity index (χ1n) is 17.7. The van der Waals surface area contributed by atoms with Gasteiger partial charge in [-0.15, -0.1) is 0 Å². The van der Waals surface area contributed by atoms with Crippen molar-refractivity contribution in [2.24, 2.45) is 28.6 Å². The van der Waals surface area contributed by atoms with E-state index in [0.29, 0.717) is 18.4 Å². The molecule has 0 aliphatic heterocycles. The van der Waals surface area contributed by atoms with Crippen molar-refractivity contribution in [2.75, 3.05) is 6.61 Å². The number of Topliss-reactive ketones (excluding diaryl/α,β-unsaturated/α-hetero) is 1. The molecule has 254 valence electrons. The third-order valence-electron chi connectivity index (χ3n) is 12.1. The van der Waals surface area contributed by atoms with Gasteiger partial charge in [-0.05, 0) is 42.4 Å². The second-order valence-electron chi connectivity index (χ2n) is 15.2. The fourth-order valence-electron chi connectivity index (χ4n) is 9.56. The van der Waals surface area contributed by atoms with Gasteiger partial charge in [-0.1, -0.05) is 122 Å². The Morgan fingerprint density at radius 2 is 1.63 bits per heavy atom. The van der Waals surface area contributed by atoms with Crippen molar-refractivity contribution in [1.29, 1.82) is 0 Å². The number of carbonyl (C=O) groups is 2. The monoisotopic (exact) mass is 636 g/mol. The Morgan fingerprint density at radius 1 is 1.00 bits per heavy atom. The fourth-order valence-corrected chi connectivity index (χ4v) is 9.56. The molecule has 3 N–H and O–H groups in total. The minimum Gasteiger partial charge on any atom is -0.458 e. The predicted molar refractivity (Wildman–Crippen MR) is 178 cm³/mol. The molecule has 46 heavy (non-hydrogen) atoms. The lowest BCUT2D eigenvalue weighted by Crippen LogP contribution is -2.65. The summed E-state index contributed by atoms with van der Waals surface area (Å²) in [7, 11) is 0. The highest BCUT2D eigenvalue weighted by atomic mass is 16.6. The zero-order valence-corrected chi connectivity index (χ0v) is 28.6. The average Bonchev–Trinajstić information content (AvgIpc) is 3.42. The highest BCUT2D eigenvalue weighted by Gasteiger charge is 2.83. The lowest BCUT2D eigenvalue weighted by Gasteiger charge is -2.49. The van der Waals surface area contributed by atoms with Crippen molar-refractivity contribution in [3.63, 3.8) is 0 Å². The third-order valence-corrected chi connectivity index (χ3v) is 12.1. The molecule has 7 nitrogen and oxygen atoms in total. The predicted octanol–water partition coefficient (Wildman–Crippen LogP) is 6.63.